The maximum absolute atomic E-state index is 5.14. The predicted octanol–water partition coefficient (Wildman–Crippen LogP) is 2.30. The second-order valence-corrected chi connectivity index (χ2v) is 5.24. The van der Waals surface area contributed by atoms with Crippen LogP contribution in [0.1, 0.15) is 5.89 Å². The van der Waals surface area contributed by atoms with Crippen LogP contribution in [0.25, 0.3) is 11.6 Å². The van der Waals surface area contributed by atoms with Crippen LogP contribution in [0.15, 0.2) is 38.7 Å². The molecule has 0 atom stereocenters. The lowest BCUT2D eigenvalue weighted by Gasteiger charge is -1.99. The molecule has 0 amide bonds. The summed E-state index contributed by atoms with van der Waals surface area (Å²) in [6.45, 7) is 0. The number of hydrogen-bond donors (Lipinski definition) is 1. The molecule has 3 aromatic heterocycles. The Labute approximate surface area is 120 Å². The van der Waals surface area contributed by atoms with Crippen LogP contribution in [0.3, 0.4) is 0 Å². The van der Waals surface area contributed by atoms with Crippen molar-refractivity contribution in [1.82, 2.24) is 30.3 Å². The molecule has 0 aliphatic heterocycles. The zero-order valence-corrected chi connectivity index (χ0v) is 11.8. The smallest absolute Gasteiger partial charge is 0.239 e. The zero-order valence-electron chi connectivity index (χ0n) is 9.45. The Hall–Kier alpha value is -1.74. The molecule has 0 aromatic carbocycles. The van der Waals surface area contributed by atoms with E-state index >= 15 is 0 Å². The van der Waals surface area contributed by atoms with Crippen molar-refractivity contribution in [1.29, 1.82) is 0 Å². The van der Waals surface area contributed by atoms with E-state index in [0.29, 0.717) is 23.3 Å². The minimum atomic E-state index is 0.396. The molecule has 0 fully saturated rings. The van der Waals surface area contributed by atoms with Crippen LogP contribution >= 0.6 is 27.7 Å². The average molecular weight is 339 g/mol. The molecule has 3 rings (SSSR count). The van der Waals surface area contributed by atoms with E-state index in [1.165, 1.54) is 18.1 Å². The molecule has 0 aliphatic carbocycles. The van der Waals surface area contributed by atoms with Gasteiger partial charge in [-0.3, -0.25) is 5.10 Å². The van der Waals surface area contributed by atoms with Crippen molar-refractivity contribution < 1.29 is 4.52 Å². The van der Waals surface area contributed by atoms with Gasteiger partial charge >= 0.3 is 0 Å². The summed E-state index contributed by atoms with van der Waals surface area (Å²) >= 11 is 4.94. The molecule has 0 saturated heterocycles. The Morgan fingerprint density at radius 1 is 1.37 bits per heavy atom. The first-order valence-corrected chi connectivity index (χ1v) is 7.02. The number of nitrogens with one attached hydrogen (secondary N) is 1. The van der Waals surface area contributed by atoms with Gasteiger partial charge in [-0.05, 0) is 28.1 Å². The average Bonchev–Trinajstić information content (AvgIpc) is 3.09. The Morgan fingerprint density at radius 2 is 2.32 bits per heavy atom. The summed E-state index contributed by atoms with van der Waals surface area (Å²) in [6, 6.07) is 3.80. The summed E-state index contributed by atoms with van der Waals surface area (Å²) in [6.07, 6.45) is 3.13. The molecular weight excluding hydrogens is 332 g/mol. The van der Waals surface area contributed by atoms with Crippen LogP contribution in [0, 0.1) is 0 Å². The van der Waals surface area contributed by atoms with Gasteiger partial charge in [0.25, 0.3) is 0 Å². The first kappa shape index (κ1) is 12.3. The summed E-state index contributed by atoms with van der Waals surface area (Å²) in [4.78, 5) is 12.4. The molecule has 0 saturated carbocycles. The van der Waals surface area contributed by atoms with Crippen molar-refractivity contribution >= 4 is 27.7 Å². The highest BCUT2D eigenvalue weighted by Crippen LogP contribution is 2.27. The third-order valence-electron chi connectivity index (χ3n) is 2.15. The van der Waals surface area contributed by atoms with E-state index in [0.717, 1.165) is 9.50 Å². The number of halogens is 1. The fourth-order valence-electron chi connectivity index (χ4n) is 1.33. The fraction of sp³-hybridized carbons (Fsp3) is 0.100. The Balaban J connectivity index is 1.70. The van der Waals surface area contributed by atoms with Crippen LogP contribution in [0.5, 0.6) is 0 Å². The molecule has 7 nitrogen and oxygen atoms in total. The Bertz CT molecular complexity index is 670. The first-order valence-electron chi connectivity index (χ1n) is 5.24. The number of pyridine rings is 1. The molecule has 0 bridgehead atoms. The van der Waals surface area contributed by atoms with Crippen LogP contribution in [-0.2, 0) is 5.75 Å². The fourth-order valence-corrected chi connectivity index (χ4v) is 2.65. The van der Waals surface area contributed by atoms with Crippen LogP contribution in [0.2, 0.25) is 0 Å². The lowest BCUT2D eigenvalue weighted by Crippen LogP contribution is -1.86. The Morgan fingerprint density at radius 3 is 3.11 bits per heavy atom. The predicted molar refractivity (Wildman–Crippen MR) is 71.2 cm³/mol. The third kappa shape index (κ3) is 2.82. The number of nitrogens with zero attached hydrogens (tertiary/aromatic N) is 5. The summed E-state index contributed by atoms with van der Waals surface area (Å²) in [5, 5.41) is 11.1. The molecule has 3 aromatic rings. The number of thioether (sulfide) groups is 1. The van der Waals surface area contributed by atoms with Gasteiger partial charge in [0.2, 0.25) is 11.7 Å². The first-order chi connectivity index (χ1) is 9.33. The number of aromatic amines is 1. The van der Waals surface area contributed by atoms with Crippen molar-refractivity contribution in [2.75, 3.05) is 0 Å². The largest absolute Gasteiger partial charge is 0.338 e. The molecule has 3 heterocycles. The molecule has 19 heavy (non-hydrogen) atoms. The number of hydrogen-bond acceptors (Lipinski definition) is 7. The number of aromatic nitrogens is 6. The van der Waals surface area contributed by atoms with E-state index in [1.807, 2.05) is 12.1 Å². The summed E-state index contributed by atoms with van der Waals surface area (Å²) in [5.41, 5.74) is 0. The van der Waals surface area contributed by atoms with Gasteiger partial charge in [0.1, 0.15) is 11.4 Å². The standard InChI is InChI=1S/C10H7BrN6OS/c11-6-2-1-3-12-10(6)19-4-7-15-9(17-18-7)8-13-5-14-16-8/h1-3,5H,4H2,(H,13,14,16). The molecule has 9 heteroatoms. The lowest BCUT2D eigenvalue weighted by atomic mass is 10.5. The maximum Gasteiger partial charge on any atom is 0.239 e. The summed E-state index contributed by atoms with van der Waals surface area (Å²) in [7, 11) is 0. The molecule has 0 aliphatic rings. The van der Waals surface area contributed by atoms with Crippen LogP contribution in [-0.4, -0.2) is 30.3 Å². The molecule has 0 radical (unpaired) electrons. The van der Waals surface area contributed by atoms with Gasteiger partial charge < -0.3 is 4.52 Å². The SMILES string of the molecule is Brc1cccnc1SCc1nc(-c2ncn[nH]2)no1. The van der Waals surface area contributed by atoms with E-state index in [4.69, 9.17) is 4.52 Å². The van der Waals surface area contributed by atoms with Gasteiger partial charge in [-0.2, -0.15) is 10.1 Å². The van der Waals surface area contributed by atoms with E-state index in [-0.39, 0.29) is 0 Å². The van der Waals surface area contributed by atoms with Crippen molar-refractivity contribution in [2.24, 2.45) is 0 Å². The highest BCUT2D eigenvalue weighted by atomic mass is 79.9. The Kier molecular flexibility index (Phi) is 3.56. The minimum Gasteiger partial charge on any atom is -0.338 e. The summed E-state index contributed by atoms with van der Waals surface area (Å²) in [5.74, 6) is 1.93. The van der Waals surface area contributed by atoms with Gasteiger partial charge in [-0.25, -0.2) is 9.97 Å². The van der Waals surface area contributed by atoms with Gasteiger partial charge in [0.15, 0.2) is 5.82 Å². The minimum absolute atomic E-state index is 0.396. The zero-order chi connectivity index (χ0) is 13.1. The highest BCUT2D eigenvalue weighted by molar-refractivity contribution is 9.10. The van der Waals surface area contributed by atoms with E-state index in [2.05, 4.69) is 46.2 Å². The van der Waals surface area contributed by atoms with Crippen LogP contribution in [0.4, 0.5) is 0 Å². The molecule has 0 unspecified atom stereocenters. The topological polar surface area (TPSA) is 93.4 Å². The third-order valence-corrected chi connectivity index (χ3v) is 4.04. The molecular formula is C10H7BrN6OS. The molecule has 0 spiro atoms. The van der Waals surface area contributed by atoms with E-state index in [1.54, 1.807) is 6.20 Å². The van der Waals surface area contributed by atoms with Gasteiger partial charge in [-0.15, -0.1) is 0 Å². The molecule has 96 valence electrons. The second-order valence-electron chi connectivity index (χ2n) is 3.42. The van der Waals surface area contributed by atoms with Crippen molar-refractivity contribution in [3.05, 3.63) is 35.0 Å². The van der Waals surface area contributed by atoms with Crippen molar-refractivity contribution in [3.8, 4) is 11.6 Å². The lowest BCUT2D eigenvalue weighted by molar-refractivity contribution is 0.391. The van der Waals surface area contributed by atoms with Crippen molar-refractivity contribution in [2.45, 2.75) is 10.8 Å². The molecule has 1 N–H and O–H groups in total. The van der Waals surface area contributed by atoms with Gasteiger partial charge in [0, 0.05) is 10.7 Å². The van der Waals surface area contributed by atoms with Gasteiger partial charge in [0.05, 0.1) is 5.75 Å². The van der Waals surface area contributed by atoms with Gasteiger partial charge in [-0.1, -0.05) is 16.9 Å². The summed E-state index contributed by atoms with van der Waals surface area (Å²) < 4.78 is 6.08. The monoisotopic (exact) mass is 338 g/mol. The number of H-pyrrole nitrogens is 1. The highest BCUT2D eigenvalue weighted by Gasteiger charge is 2.12. The van der Waals surface area contributed by atoms with E-state index in [9.17, 15) is 0 Å². The number of rotatable bonds is 4. The normalized spacial score (nSPS) is 10.8. The second kappa shape index (κ2) is 5.49. The van der Waals surface area contributed by atoms with E-state index < -0.39 is 0 Å². The maximum atomic E-state index is 5.14. The van der Waals surface area contributed by atoms with Crippen molar-refractivity contribution in [3.63, 3.8) is 0 Å². The van der Waals surface area contributed by atoms with Crippen LogP contribution < -0.4 is 0 Å². The quantitative estimate of drug-likeness (QED) is 0.729.